The van der Waals surface area contributed by atoms with Crippen molar-refractivity contribution in [1.29, 1.82) is 5.26 Å². The molecule has 0 saturated carbocycles. The summed E-state index contributed by atoms with van der Waals surface area (Å²) in [4.78, 5) is 4.27. The van der Waals surface area contributed by atoms with Crippen LogP contribution in [-0.2, 0) is 16.6 Å². The second-order valence-electron chi connectivity index (χ2n) is 4.39. The summed E-state index contributed by atoms with van der Waals surface area (Å²) in [6.07, 6.45) is 1.63. The van der Waals surface area contributed by atoms with Crippen molar-refractivity contribution in [2.45, 2.75) is 18.4 Å². The molecule has 0 atom stereocenters. The van der Waals surface area contributed by atoms with Gasteiger partial charge < -0.3 is 0 Å². The molecule has 0 saturated heterocycles. The number of nitriles is 1. The topological polar surface area (TPSA) is 74.1 Å². The SMILES string of the molecule is CCN(Cc1ccccn1)S(=O)(=O)c1cccc(C#N)c1. The van der Waals surface area contributed by atoms with Gasteiger partial charge in [-0.25, -0.2) is 8.42 Å². The number of hydrogen-bond donors (Lipinski definition) is 0. The minimum Gasteiger partial charge on any atom is -0.260 e. The van der Waals surface area contributed by atoms with E-state index in [2.05, 4.69) is 4.98 Å². The Balaban J connectivity index is 2.33. The van der Waals surface area contributed by atoms with E-state index in [4.69, 9.17) is 5.26 Å². The highest BCUT2D eigenvalue weighted by atomic mass is 32.2. The van der Waals surface area contributed by atoms with Gasteiger partial charge in [-0.15, -0.1) is 0 Å². The first-order chi connectivity index (χ1) is 10.1. The summed E-state index contributed by atoms with van der Waals surface area (Å²) in [6, 6.07) is 13.4. The molecular formula is C15H15N3O2S. The van der Waals surface area contributed by atoms with Crippen molar-refractivity contribution in [3.63, 3.8) is 0 Å². The van der Waals surface area contributed by atoms with E-state index in [0.29, 0.717) is 17.8 Å². The maximum absolute atomic E-state index is 12.6. The van der Waals surface area contributed by atoms with Crippen molar-refractivity contribution in [2.24, 2.45) is 0 Å². The number of pyridine rings is 1. The summed E-state index contributed by atoms with van der Waals surface area (Å²) >= 11 is 0. The van der Waals surface area contributed by atoms with Crippen molar-refractivity contribution in [2.75, 3.05) is 6.54 Å². The lowest BCUT2D eigenvalue weighted by atomic mass is 10.2. The van der Waals surface area contributed by atoms with Gasteiger partial charge in [0.15, 0.2) is 0 Å². The standard InChI is InChI=1S/C15H15N3O2S/c1-2-18(12-14-7-3-4-9-17-14)21(19,20)15-8-5-6-13(10-15)11-16/h3-10H,2,12H2,1H3. The normalized spacial score (nSPS) is 11.3. The van der Waals surface area contributed by atoms with Gasteiger partial charge in [-0.05, 0) is 30.3 Å². The Labute approximate surface area is 124 Å². The summed E-state index contributed by atoms with van der Waals surface area (Å²) < 4.78 is 26.6. The first kappa shape index (κ1) is 15.2. The molecule has 0 amide bonds. The van der Waals surface area contributed by atoms with E-state index >= 15 is 0 Å². The molecular weight excluding hydrogens is 286 g/mol. The maximum Gasteiger partial charge on any atom is 0.243 e. The zero-order valence-corrected chi connectivity index (χ0v) is 12.4. The van der Waals surface area contributed by atoms with Crippen LogP contribution < -0.4 is 0 Å². The molecule has 5 nitrogen and oxygen atoms in total. The molecule has 21 heavy (non-hydrogen) atoms. The molecule has 0 aliphatic heterocycles. The minimum atomic E-state index is -3.64. The maximum atomic E-state index is 12.6. The zero-order chi connectivity index (χ0) is 15.3. The first-order valence-electron chi connectivity index (χ1n) is 6.48. The van der Waals surface area contributed by atoms with E-state index in [0.717, 1.165) is 0 Å². The molecule has 0 bridgehead atoms. The van der Waals surface area contributed by atoms with Crippen LogP contribution in [0.4, 0.5) is 0 Å². The van der Waals surface area contributed by atoms with E-state index < -0.39 is 10.0 Å². The average Bonchev–Trinajstić information content (AvgIpc) is 2.53. The first-order valence-corrected chi connectivity index (χ1v) is 7.92. The number of rotatable bonds is 5. The van der Waals surface area contributed by atoms with E-state index in [-0.39, 0.29) is 11.4 Å². The Morgan fingerprint density at radius 3 is 2.67 bits per heavy atom. The average molecular weight is 301 g/mol. The fraction of sp³-hybridized carbons (Fsp3) is 0.200. The number of benzene rings is 1. The van der Waals surface area contributed by atoms with Crippen molar-refractivity contribution in [3.05, 3.63) is 59.9 Å². The van der Waals surface area contributed by atoms with Gasteiger partial charge in [0.05, 0.1) is 28.8 Å². The third-order valence-corrected chi connectivity index (χ3v) is 4.93. The van der Waals surface area contributed by atoms with Crippen molar-refractivity contribution in [3.8, 4) is 6.07 Å². The smallest absolute Gasteiger partial charge is 0.243 e. The second kappa shape index (κ2) is 6.48. The summed E-state index contributed by atoms with van der Waals surface area (Å²) in [6.45, 7) is 2.31. The molecule has 1 heterocycles. The Kier molecular flexibility index (Phi) is 4.68. The second-order valence-corrected chi connectivity index (χ2v) is 6.33. The Morgan fingerprint density at radius 1 is 1.24 bits per heavy atom. The van der Waals surface area contributed by atoms with Crippen LogP contribution in [-0.4, -0.2) is 24.3 Å². The van der Waals surface area contributed by atoms with E-state index in [1.165, 1.54) is 16.4 Å². The summed E-state index contributed by atoms with van der Waals surface area (Å²) in [5.41, 5.74) is 1.00. The molecule has 108 valence electrons. The molecule has 2 aromatic rings. The number of aromatic nitrogens is 1. The third kappa shape index (κ3) is 3.45. The molecule has 0 aliphatic carbocycles. The molecule has 0 fully saturated rings. The van der Waals surface area contributed by atoms with Gasteiger partial charge in [0, 0.05) is 12.7 Å². The van der Waals surface area contributed by atoms with Crippen LogP contribution in [0, 0.1) is 11.3 Å². The van der Waals surface area contributed by atoms with Crippen LogP contribution in [0.2, 0.25) is 0 Å². The Hall–Kier alpha value is -2.23. The van der Waals surface area contributed by atoms with Gasteiger partial charge in [-0.3, -0.25) is 4.98 Å². The highest BCUT2D eigenvalue weighted by molar-refractivity contribution is 7.89. The van der Waals surface area contributed by atoms with Gasteiger partial charge in [0.25, 0.3) is 0 Å². The van der Waals surface area contributed by atoms with Crippen LogP contribution in [0.3, 0.4) is 0 Å². The van der Waals surface area contributed by atoms with Crippen LogP contribution >= 0.6 is 0 Å². The van der Waals surface area contributed by atoms with Gasteiger partial charge >= 0.3 is 0 Å². The monoisotopic (exact) mass is 301 g/mol. The molecule has 6 heteroatoms. The molecule has 0 aliphatic rings. The Morgan fingerprint density at radius 2 is 2.05 bits per heavy atom. The van der Waals surface area contributed by atoms with Gasteiger partial charge in [-0.2, -0.15) is 9.57 Å². The minimum absolute atomic E-state index is 0.124. The molecule has 0 spiro atoms. The van der Waals surface area contributed by atoms with E-state index in [1.807, 2.05) is 12.1 Å². The lowest BCUT2D eigenvalue weighted by Crippen LogP contribution is -2.30. The van der Waals surface area contributed by atoms with Crippen molar-refractivity contribution < 1.29 is 8.42 Å². The van der Waals surface area contributed by atoms with Crippen LogP contribution in [0.25, 0.3) is 0 Å². The largest absolute Gasteiger partial charge is 0.260 e. The summed E-state index contributed by atoms with van der Waals surface area (Å²) in [5, 5.41) is 8.89. The van der Waals surface area contributed by atoms with E-state index in [9.17, 15) is 8.42 Å². The number of sulfonamides is 1. The van der Waals surface area contributed by atoms with Crippen LogP contribution in [0.1, 0.15) is 18.2 Å². The van der Waals surface area contributed by atoms with Crippen molar-refractivity contribution in [1.82, 2.24) is 9.29 Å². The zero-order valence-electron chi connectivity index (χ0n) is 11.6. The third-order valence-electron chi connectivity index (χ3n) is 3.02. The fourth-order valence-electron chi connectivity index (χ4n) is 1.91. The van der Waals surface area contributed by atoms with E-state index in [1.54, 1.807) is 37.4 Å². The number of hydrogen-bond acceptors (Lipinski definition) is 4. The molecule has 1 aromatic heterocycles. The quantitative estimate of drug-likeness (QED) is 0.848. The molecule has 2 rings (SSSR count). The van der Waals surface area contributed by atoms with Gasteiger partial charge in [0.2, 0.25) is 10.0 Å². The van der Waals surface area contributed by atoms with Crippen LogP contribution in [0.15, 0.2) is 53.6 Å². The predicted octanol–water partition coefficient (Wildman–Crippen LogP) is 2.16. The van der Waals surface area contributed by atoms with Crippen LogP contribution in [0.5, 0.6) is 0 Å². The van der Waals surface area contributed by atoms with Gasteiger partial charge in [-0.1, -0.05) is 19.1 Å². The summed E-state index contributed by atoms with van der Waals surface area (Å²) in [5.74, 6) is 0. The highest BCUT2D eigenvalue weighted by Crippen LogP contribution is 2.18. The highest BCUT2D eigenvalue weighted by Gasteiger charge is 2.23. The molecule has 0 unspecified atom stereocenters. The fourth-order valence-corrected chi connectivity index (χ4v) is 3.38. The summed E-state index contributed by atoms with van der Waals surface area (Å²) in [7, 11) is -3.64. The molecule has 0 radical (unpaired) electrons. The lowest BCUT2D eigenvalue weighted by molar-refractivity contribution is 0.419. The van der Waals surface area contributed by atoms with Crippen molar-refractivity contribution >= 4 is 10.0 Å². The Bertz CT molecular complexity index is 752. The predicted molar refractivity (Wildman–Crippen MR) is 78.7 cm³/mol. The molecule has 0 N–H and O–H groups in total. The number of nitrogens with zero attached hydrogens (tertiary/aromatic N) is 3. The lowest BCUT2D eigenvalue weighted by Gasteiger charge is -2.20. The molecule has 1 aromatic carbocycles. The van der Waals surface area contributed by atoms with Gasteiger partial charge in [0.1, 0.15) is 0 Å².